The number of nitrogens with zero attached hydrogens (tertiary/aromatic N) is 1. The summed E-state index contributed by atoms with van der Waals surface area (Å²) in [7, 11) is 0. The molecule has 20 heavy (non-hydrogen) atoms. The van der Waals surface area contributed by atoms with E-state index in [4.69, 9.17) is 0 Å². The van der Waals surface area contributed by atoms with Crippen molar-refractivity contribution >= 4 is 5.91 Å². The van der Waals surface area contributed by atoms with Crippen molar-refractivity contribution in [2.24, 2.45) is 5.92 Å². The molecule has 0 bridgehead atoms. The zero-order chi connectivity index (χ0) is 14.4. The van der Waals surface area contributed by atoms with Crippen LogP contribution in [0.4, 0.5) is 0 Å². The van der Waals surface area contributed by atoms with Crippen molar-refractivity contribution in [3.8, 4) is 0 Å². The van der Waals surface area contributed by atoms with Crippen molar-refractivity contribution in [1.29, 1.82) is 0 Å². The average Bonchev–Trinajstić information content (AvgIpc) is 2.49. The van der Waals surface area contributed by atoms with Gasteiger partial charge in [-0.15, -0.1) is 0 Å². The van der Waals surface area contributed by atoms with Gasteiger partial charge in [-0.1, -0.05) is 32.1 Å². The normalized spacial score (nSPS) is 22.7. The lowest BCUT2D eigenvalue weighted by atomic mass is 9.87. The van der Waals surface area contributed by atoms with Crippen LogP contribution in [-0.2, 0) is 4.79 Å². The van der Waals surface area contributed by atoms with Crippen molar-refractivity contribution in [3.05, 3.63) is 0 Å². The molecular weight excluding hydrogens is 250 g/mol. The van der Waals surface area contributed by atoms with Crippen LogP contribution in [0.25, 0.3) is 0 Å². The van der Waals surface area contributed by atoms with Crippen LogP contribution in [0.1, 0.15) is 52.4 Å². The molecule has 0 spiro atoms. The molecule has 1 aliphatic carbocycles. The van der Waals surface area contributed by atoms with Gasteiger partial charge in [0.25, 0.3) is 0 Å². The van der Waals surface area contributed by atoms with Gasteiger partial charge < -0.3 is 10.6 Å². The number of hydrogen-bond donors (Lipinski definition) is 2. The van der Waals surface area contributed by atoms with E-state index in [9.17, 15) is 4.79 Å². The highest BCUT2D eigenvalue weighted by molar-refractivity contribution is 5.85. The highest BCUT2D eigenvalue weighted by Crippen LogP contribution is 2.25. The Morgan fingerprint density at radius 2 is 1.85 bits per heavy atom. The van der Waals surface area contributed by atoms with Gasteiger partial charge in [0.05, 0.1) is 5.54 Å². The summed E-state index contributed by atoms with van der Waals surface area (Å²) >= 11 is 0. The molecule has 2 aliphatic rings. The van der Waals surface area contributed by atoms with Gasteiger partial charge in [0.15, 0.2) is 0 Å². The predicted molar refractivity (Wildman–Crippen MR) is 82.7 cm³/mol. The molecule has 2 fully saturated rings. The van der Waals surface area contributed by atoms with E-state index < -0.39 is 0 Å². The zero-order valence-electron chi connectivity index (χ0n) is 13.2. The first kappa shape index (κ1) is 15.8. The molecule has 0 unspecified atom stereocenters. The maximum absolute atomic E-state index is 12.4. The molecule has 0 aromatic rings. The first-order valence-electron chi connectivity index (χ1n) is 8.35. The second-order valence-electron chi connectivity index (χ2n) is 6.84. The molecule has 1 amide bonds. The Morgan fingerprint density at radius 1 is 1.20 bits per heavy atom. The molecule has 4 nitrogen and oxygen atoms in total. The smallest absolute Gasteiger partial charge is 0.239 e. The van der Waals surface area contributed by atoms with Gasteiger partial charge >= 0.3 is 0 Å². The predicted octanol–water partition coefficient (Wildman–Crippen LogP) is 1.76. The maximum atomic E-state index is 12.4. The Labute approximate surface area is 123 Å². The van der Waals surface area contributed by atoms with Gasteiger partial charge in [-0.25, -0.2) is 0 Å². The molecular formula is C16H31N3O. The Morgan fingerprint density at radius 3 is 2.50 bits per heavy atom. The van der Waals surface area contributed by atoms with Crippen LogP contribution in [0, 0.1) is 5.92 Å². The maximum Gasteiger partial charge on any atom is 0.239 e. The molecule has 2 rings (SSSR count). The minimum Gasteiger partial charge on any atom is -0.354 e. The number of piperazine rings is 1. The lowest BCUT2D eigenvalue weighted by Gasteiger charge is -2.39. The minimum atomic E-state index is -0.380. The number of amides is 1. The van der Waals surface area contributed by atoms with E-state index >= 15 is 0 Å². The Balaban J connectivity index is 1.72. The van der Waals surface area contributed by atoms with E-state index in [-0.39, 0.29) is 11.4 Å². The molecule has 1 saturated carbocycles. The summed E-state index contributed by atoms with van der Waals surface area (Å²) < 4.78 is 0. The van der Waals surface area contributed by atoms with Gasteiger partial charge in [-0.05, 0) is 26.2 Å². The average molecular weight is 281 g/mol. The minimum absolute atomic E-state index is 0.190. The Hall–Kier alpha value is -0.610. The summed E-state index contributed by atoms with van der Waals surface area (Å²) in [6.07, 6.45) is 8.03. The Bertz CT molecular complexity index is 305. The lowest BCUT2D eigenvalue weighted by Crippen LogP contribution is -2.60. The van der Waals surface area contributed by atoms with Crippen LogP contribution in [-0.4, -0.2) is 49.1 Å². The topological polar surface area (TPSA) is 44.4 Å². The van der Waals surface area contributed by atoms with Crippen molar-refractivity contribution in [2.45, 2.75) is 57.9 Å². The largest absolute Gasteiger partial charge is 0.354 e. The van der Waals surface area contributed by atoms with Gasteiger partial charge in [0.2, 0.25) is 5.91 Å². The van der Waals surface area contributed by atoms with Crippen LogP contribution in [0.3, 0.4) is 0 Å². The molecule has 1 saturated heterocycles. The number of carbonyl (C=O) groups excluding carboxylic acids is 1. The van der Waals surface area contributed by atoms with Crippen molar-refractivity contribution in [1.82, 2.24) is 15.5 Å². The third kappa shape index (κ3) is 4.19. The fourth-order valence-electron chi connectivity index (χ4n) is 3.45. The summed E-state index contributed by atoms with van der Waals surface area (Å²) in [5.74, 6) is 1.03. The van der Waals surface area contributed by atoms with Crippen LogP contribution in [0.15, 0.2) is 0 Å². The lowest BCUT2D eigenvalue weighted by molar-refractivity contribution is -0.132. The van der Waals surface area contributed by atoms with Crippen molar-refractivity contribution in [2.75, 3.05) is 32.7 Å². The fourth-order valence-corrected chi connectivity index (χ4v) is 3.45. The highest BCUT2D eigenvalue weighted by atomic mass is 16.2. The number of nitrogens with one attached hydrogen (secondary N) is 2. The summed E-state index contributed by atoms with van der Waals surface area (Å²) in [6, 6.07) is 0. The van der Waals surface area contributed by atoms with Crippen LogP contribution < -0.4 is 10.6 Å². The molecule has 0 atom stereocenters. The first-order chi connectivity index (χ1) is 9.60. The second kappa shape index (κ2) is 7.41. The number of rotatable bonds is 5. The highest BCUT2D eigenvalue weighted by Gasteiger charge is 2.34. The van der Waals surface area contributed by atoms with Gasteiger partial charge in [0.1, 0.15) is 0 Å². The van der Waals surface area contributed by atoms with Crippen LogP contribution >= 0.6 is 0 Å². The molecule has 1 aliphatic heterocycles. The fraction of sp³-hybridized carbons (Fsp3) is 0.938. The monoisotopic (exact) mass is 281 g/mol. The molecule has 1 heterocycles. The van der Waals surface area contributed by atoms with Crippen molar-refractivity contribution < 1.29 is 4.79 Å². The quantitative estimate of drug-likeness (QED) is 0.807. The van der Waals surface area contributed by atoms with Crippen LogP contribution in [0.2, 0.25) is 0 Å². The molecule has 4 heteroatoms. The summed E-state index contributed by atoms with van der Waals surface area (Å²) in [4.78, 5) is 14.7. The SMILES string of the molecule is CC(C)(C(=O)NCCC1CCCCC1)N1CCNCC1. The van der Waals surface area contributed by atoms with E-state index in [2.05, 4.69) is 15.5 Å². The zero-order valence-corrected chi connectivity index (χ0v) is 13.2. The van der Waals surface area contributed by atoms with E-state index in [1.807, 2.05) is 13.8 Å². The molecule has 0 aromatic carbocycles. The van der Waals surface area contributed by atoms with Gasteiger partial charge in [-0.2, -0.15) is 0 Å². The van der Waals surface area contributed by atoms with E-state index in [0.717, 1.165) is 45.1 Å². The number of carbonyl (C=O) groups is 1. The van der Waals surface area contributed by atoms with Crippen LogP contribution in [0.5, 0.6) is 0 Å². The second-order valence-corrected chi connectivity index (χ2v) is 6.84. The van der Waals surface area contributed by atoms with E-state index in [1.54, 1.807) is 0 Å². The molecule has 0 aromatic heterocycles. The Kier molecular flexibility index (Phi) is 5.85. The number of hydrogen-bond acceptors (Lipinski definition) is 3. The van der Waals surface area contributed by atoms with Gasteiger partial charge in [0, 0.05) is 32.7 Å². The summed E-state index contributed by atoms with van der Waals surface area (Å²) in [5, 5.41) is 6.51. The standard InChI is InChI=1S/C16H31N3O/c1-16(2,19-12-10-17-11-13-19)15(20)18-9-8-14-6-4-3-5-7-14/h14,17H,3-13H2,1-2H3,(H,18,20). The first-order valence-corrected chi connectivity index (χ1v) is 8.35. The third-order valence-corrected chi connectivity index (χ3v) is 5.03. The summed E-state index contributed by atoms with van der Waals surface area (Å²) in [5.41, 5.74) is -0.380. The molecule has 116 valence electrons. The van der Waals surface area contributed by atoms with Gasteiger partial charge in [-0.3, -0.25) is 9.69 Å². The third-order valence-electron chi connectivity index (χ3n) is 5.03. The van der Waals surface area contributed by atoms with E-state index in [0.29, 0.717) is 0 Å². The summed E-state index contributed by atoms with van der Waals surface area (Å²) in [6.45, 7) is 8.84. The molecule has 0 radical (unpaired) electrons. The van der Waals surface area contributed by atoms with Crippen molar-refractivity contribution in [3.63, 3.8) is 0 Å². The van der Waals surface area contributed by atoms with E-state index in [1.165, 1.54) is 32.1 Å². The molecule has 2 N–H and O–H groups in total.